The second-order valence-electron chi connectivity index (χ2n) is 4.24. The highest BCUT2D eigenvalue weighted by Crippen LogP contribution is 2.33. The molecule has 2 aromatic rings. The smallest absolute Gasteiger partial charge is 0.123 e. The molecule has 2 rings (SSSR count). The molecule has 1 unspecified atom stereocenters. The van der Waals surface area contributed by atoms with Crippen LogP contribution in [0.4, 0.5) is 4.39 Å². The highest BCUT2D eigenvalue weighted by Gasteiger charge is 2.18. The minimum Gasteiger partial charge on any atom is -0.306 e. The maximum Gasteiger partial charge on any atom is 0.123 e. The summed E-state index contributed by atoms with van der Waals surface area (Å²) in [6, 6.07) is 6.45. The van der Waals surface area contributed by atoms with Crippen molar-refractivity contribution >= 4 is 38.9 Å². The van der Waals surface area contributed by atoms with Gasteiger partial charge in [-0.15, -0.1) is 11.3 Å². The average Bonchev–Trinajstić information content (AvgIpc) is 2.80. The highest BCUT2D eigenvalue weighted by atomic mass is 79.9. The zero-order valence-electron chi connectivity index (χ0n) is 10.4. The van der Waals surface area contributed by atoms with Crippen molar-refractivity contribution in [1.29, 1.82) is 0 Å². The molecule has 0 fully saturated rings. The van der Waals surface area contributed by atoms with Crippen LogP contribution < -0.4 is 5.32 Å². The fourth-order valence-electron chi connectivity index (χ4n) is 1.91. The first-order valence-electron chi connectivity index (χ1n) is 6.04. The molecule has 0 saturated carbocycles. The van der Waals surface area contributed by atoms with Gasteiger partial charge in [0.1, 0.15) is 5.82 Å². The lowest BCUT2D eigenvalue weighted by molar-refractivity contribution is 0.586. The fourth-order valence-corrected chi connectivity index (χ4v) is 3.33. The van der Waals surface area contributed by atoms with E-state index in [9.17, 15) is 4.39 Å². The summed E-state index contributed by atoms with van der Waals surface area (Å²) >= 11 is 11.3. The zero-order valence-corrected chi connectivity index (χ0v) is 13.6. The van der Waals surface area contributed by atoms with Crippen LogP contribution in [0.1, 0.15) is 30.5 Å². The molecule has 1 N–H and O–H groups in total. The molecule has 0 saturated heterocycles. The van der Waals surface area contributed by atoms with E-state index < -0.39 is 0 Å². The van der Waals surface area contributed by atoms with Gasteiger partial charge in [-0.25, -0.2) is 4.39 Å². The van der Waals surface area contributed by atoms with E-state index in [1.165, 1.54) is 12.1 Å². The molecule has 0 aliphatic carbocycles. The minimum atomic E-state index is -0.267. The monoisotopic (exact) mass is 361 g/mol. The molecule has 19 heavy (non-hydrogen) atoms. The van der Waals surface area contributed by atoms with Gasteiger partial charge in [0.05, 0.1) is 9.83 Å². The molecule has 1 atom stereocenters. The molecule has 1 aromatic carbocycles. The molecular formula is C14H14BrClFNS. The quantitative estimate of drug-likeness (QED) is 0.751. The first-order valence-corrected chi connectivity index (χ1v) is 8.09. The standard InChI is InChI=1S/C14H14BrClFNS/c1-2-5-18-14(9-6-13(15)19-8-9)11-7-10(17)3-4-12(11)16/h3-4,6-8,14,18H,2,5H2,1H3. The van der Waals surface area contributed by atoms with Crippen molar-refractivity contribution in [2.24, 2.45) is 0 Å². The Morgan fingerprint density at radius 1 is 1.42 bits per heavy atom. The summed E-state index contributed by atoms with van der Waals surface area (Å²) in [7, 11) is 0. The van der Waals surface area contributed by atoms with E-state index in [0.29, 0.717) is 5.02 Å². The van der Waals surface area contributed by atoms with Crippen molar-refractivity contribution in [2.45, 2.75) is 19.4 Å². The van der Waals surface area contributed by atoms with Crippen LogP contribution in [0, 0.1) is 5.82 Å². The summed E-state index contributed by atoms with van der Waals surface area (Å²) in [6.45, 7) is 2.95. The molecule has 0 aliphatic rings. The van der Waals surface area contributed by atoms with E-state index in [0.717, 1.165) is 27.9 Å². The number of rotatable bonds is 5. The lowest BCUT2D eigenvalue weighted by atomic mass is 10.0. The van der Waals surface area contributed by atoms with Crippen molar-refractivity contribution in [3.8, 4) is 0 Å². The van der Waals surface area contributed by atoms with E-state index in [-0.39, 0.29) is 11.9 Å². The summed E-state index contributed by atoms with van der Waals surface area (Å²) in [5.74, 6) is -0.267. The molecule has 0 aliphatic heterocycles. The van der Waals surface area contributed by atoms with Gasteiger partial charge in [-0.3, -0.25) is 0 Å². The number of thiophene rings is 1. The number of halogens is 3. The van der Waals surface area contributed by atoms with Crippen LogP contribution in [0.3, 0.4) is 0 Å². The summed E-state index contributed by atoms with van der Waals surface area (Å²) < 4.78 is 14.5. The molecule has 5 heteroatoms. The molecule has 1 aromatic heterocycles. The second kappa shape index (κ2) is 6.84. The van der Waals surface area contributed by atoms with Gasteiger partial charge in [0.15, 0.2) is 0 Å². The maximum atomic E-state index is 13.5. The van der Waals surface area contributed by atoms with Gasteiger partial charge in [-0.1, -0.05) is 18.5 Å². The maximum absolute atomic E-state index is 13.5. The van der Waals surface area contributed by atoms with Gasteiger partial charge in [0.2, 0.25) is 0 Å². The predicted octanol–water partition coefficient (Wildman–Crippen LogP) is 5.39. The third-order valence-corrected chi connectivity index (χ3v) is 4.66. The average molecular weight is 363 g/mol. The van der Waals surface area contributed by atoms with Gasteiger partial charge in [-0.05, 0) is 69.7 Å². The van der Waals surface area contributed by atoms with Gasteiger partial charge in [0, 0.05) is 5.02 Å². The van der Waals surface area contributed by atoms with Crippen molar-refractivity contribution in [3.05, 3.63) is 55.4 Å². The van der Waals surface area contributed by atoms with Crippen molar-refractivity contribution in [1.82, 2.24) is 5.32 Å². The van der Waals surface area contributed by atoms with E-state index in [1.807, 2.05) is 6.07 Å². The van der Waals surface area contributed by atoms with E-state index >= 15 is 0 Å². The Morgan fingerprint density at radius 3 is 2.84 bits per heavy atom. The lowest BCUT2D eigenvalue weighted by Gasteiger charge is -2.19. The summed E-state index contributed by atoms with van der Waals surface area (Å²) in [5, 5.41) is 6.05. The molecule has 0 amide bonds. The van der Waals surface area contributed by atoms with Gasteiger partial charge >= 0.3 is 0 Å². The van der Waals surface area contributed by atoms with E-state index in [4.69, 9.17) is 11.6 Å². The van der Waals surface area contributed by atoms with Crippen LogP contribution in [-0.4, -0.2) is 6.54 Å². The van der Waals surface area contributed by atoms with Crippen LogP contribution in [0.2, 0.25) is 5.02 Å². The topological polar surface area (TPSA) is 12.0 Å². The van der Waals surface area contributed by atoms with Crippen LogP contribution in [0.15, 0.2) is 33.4 Å². The third-order valence-electron chi connectivity index (χ3n) is 2.79. The minimum absolute atomic E-state index is 0.0781. The van der Waals surface area contributed by atoms with E-state index in [2.05, 4.69) is 33.6 Å². The van der Waals surface area contributed by atoms with Gasteiger partial charge in [0.25, 0.3) is 0 Å². The molecule has 1 heterocycles. The highest BCUT2D eigenvalue weighted by molar-refractivity contribution is 9.11. The van der Waals surface area contributed by atoms with Crippen LogP contribution in [0.25, 0.3) is 0 Å². The molecular weight excluding hydrogens is 349 g/mol. The number of hydrogen-bond donors (Lipinski definition) is 1. The molecule has 0 radical (unpaired) electrons. The van der Waals surface area contributed by atoms with Gasteiger partial charge < -0.3 is 5.32 Å². The first-order chi connectivity index (χ1) is 9.11. The molecule has 102 valence electrons. The van der Waals surface area contributed by atoms with Gasteiger partial charge in [-0.2, -0.15) is 0 Å². The second-order valence-corrected chi connectivity index (χ2v) is 6.93. The lowest BCUT2D eigenvalue weighted by Crippen LogP contribution is -2.23. The zero-order chi connectivity index (χ0) is 13.8. The molecule has 1 nitrogen and oxygen atoms in total. The summed E-state index contributed by atoms with van der Waals surface area (Å²) in [4.78, 5) is 0. The summed E-state index contributed by atoms with van der Waals surface area (Å²) in [6.07, 6.45) is 1.01. The first kappa shape index (κ1) is 15.0. The predicted molar refractivity (Wildman–Crippen MR) is 83.6 cm³/mol. The summed E-state index contributed by atoms with van der Waals surface area (Å²) in [5.41, 5.74) is 1.87. The Morgan fingerprint density at radius 2 is 2.21 bits per heavy atom. The van der Waals surface area contributed by atoms with Crippen LogP contribution >= 0.6 is 38.9 Å². The Labute approximate surface area is 129 Å². The van der Waals surface area contributed by atoms with Crippen LogP contribution in [0.5, 0.6) is 0 Å². The van der Waals surface area contributed by atoms with E-state index in [1.54, 1.807) is 17.4 Å². The van der Waals surface area contributed by atoms with Crippen molar-refractivity contribution in [3.63, 3.8) is 0 Å². The third kappa shape index (κ3) is 3.78. The normalized spacial score (nSPS) is 12.6. The fraction of sp³-hybridized carbons (Fsp3) is 0.286. The van der Waals surface area contributed by atoms with Crippen molar-refractivity contribution < 1.29 is 4.39 Å². The largest absolute Gasteiger partial charge is 0.306 e. The number of nitrogens with one attached hydrogen (secondary N) is 1. The number of hydrogen-bond acceptors (Lipinski definition) is 2. The number of benzene rings is 1. The molecule has 0 spiro atoms. The SMILES string of the molecule is CCCNC(c1csc(Br)c1)c1cc(F)ccc1Cl. The molecule has 0 bridgehead atoms. The Balaban J connectivity index is 2.39. The van der Waals surface area contributed by atoms with Crippen LogP contribution in [-0.2, 0) is 0 Å². The Bertz CT molecular complexity index is 558. The Kier molecular flexibility index (Phi) is 5.39. The van der Waals surface area contributed by atoms with Crippen molar-refractivity contribution in [2.75, 3.05) is 6.54 Å². The Hall–Kier alpha value is -0.420.